The van der Waals surface area contributed by atoms with Crippen LogP contribution in [0.1, 0.15) is 23.6 Å². The minimum Gasteiger partial charge on any atom is -0.497 e. The highest BCUT2D eigenvalue weighted by molar-refractivity contribution is 7.71. The molecular weight excluding hydrogens is 344 g/mol. The second-order valence-corrected chi connectivity index (χ2v) is 5.96. The van der Waals surface area contributed by atoms with Gasteiger partial charge in [0.1, 0.15) is 17.1 Å². The molecule has 132 valence electrons. The van der Waals surface area contributed by atoms with E-state index in [0.29, 0.717) is 23.6 Å². The molecule has 1 atom stereocenters. The number of rotatable bonds is 4. The van der Waals surface area contributed by atoms with Crippen LogP contribution < -0.4 is 20.5 Å². The number of aromatic nitrogens is 2. The van der Waals surface area contributed by atoms with Gasteiger partial charge in [-0.05, 0) is 30.4 Å². The van der Waals surface area contributed by atoms with Gasteiger partial charge in [-0.3, -0.25) is 14.3 Å². The number of hydrazone groups is 1. The van der Waals surface area contributed by atoms with Gasteiger partial charge >= 0.3 is 0 Å². The molecule has 0 aliphatic carbocycles. The first-order chi connectivity index (χ1) is 12.0. The molecule has 9 heteroatoms. The monoisotopic (exact) mass is 362 g/mol. The molecule has 0 saturated heterocycles. The third-order valence-corrected chi connectivity index (χ3v) is 4.52. The van der Waals surface area contributed by atoms with Gasteiger partial charge in [-0.2, -0.15) is 5.10 Å². The maximum Gasteiger partial charge on any atom is 0.264 e. The number of benzene rings is 1. The lowest BCUT2D eigenvalue weighted by Gasteiger charge is -2.16. The van der Waals surface area contributed by atoms with Crippen molar-refractivity contribution in [1.82, 2.24) is 15.0 Å². The number of H-pyrrole nitrogens is 1. The SMILES string of the molecule is COc1ccc(OC)c([C@H]2CC(c3c(O)n(C)c(=S)[nH]c3=O)=NN2)c1. The zero-order valence-electron chi connectivity index (χ0n) is 14.0. The van der Waals surface area contributed by atoms with Crippen molar-refractivity contribution < 1.29 is 14.6 Å². The molecule has 0 fully saturated rings. The highest BCUT2D eigenvalue weighted by Crippen LogP contribution is 2.34. The molecule has 3 rings (SSSR count). The van der Waals surface area contributed by atoms with Gasteiger partial charge in [0.05, 0.1) is 26.0 Å². The summed E-state index contributed by atoms with van der Waals surface area (Å²) in [6.45, 7) is 0. The van der Waals surface area contributed by atoms with Crippen molar-refractivity contribution in [2.24, 2.45) is 12.1 Å². The van der Waals surface area contributed by atoms with Gasteiger partial charge in [0.15, 0.2) is 4.77 Å². The number of nitrogens with one attached hydrogen (secondary N) is 2. The van der Waals surface area contributed by atoms with Crippen molar-refractivity contribution in [3.8, 4) is 17.4 Å². The van der Waals surface area contributed by atoms with E-state index in [1.165, 1.54) is 4.57 Å². The van der Waals surface area contributed by atoms with Crippen molar-refractivity contribution >= 4 is 17.9 Å². The van der Waals surface area contributed by atoms with Gasteiger partial charge in [-0.15, -0.1) is 0 Å². The fourth-order valence-electron chi connectivity index (χ4n) is 2.76. The third-order valence-electron chi connectivity index (χ3n) is 4.15. The Hall–Kier alpha value is -2.81. The molecule has 1 aromatic heterocycles. The van der Waals surface area contributed by atoms with E-state index in [9.17, 15) is 9.90 Å². The normalized spacial score (nSPS) is 16.3. The van der Waals surface area contributed by atoms with Crippen LogP contribution in [0.25, 0.3) is 0 Å². The fraction of sp³-hybridized carbons (Fsp3) is 0.312. The zero-order chi connectivity index (χ0) is 18.1. The third kappa shape index (κ3) is 2.98. The molecule has 8 nitrogen and oxygen atoms in total. The van der Waals surface area contributed by atoms with E-state index in [1.54, 1.807) is 27.3 Å². The Labute approximate surface area is 148 Å². The Morgan fingerprint density at radius 1 is 1.36 bits per heavy atom. The predicted molar refractivity (Wildman–Crippen MR) is 95.1 cm³/mol. The van der Waals surface area contributed by atoms with Crippen molar-refractivity contribution in [3.63, 3.8) is 0 Å². The van der Waals surface area contributed by atoms with Gasteiger partial charge in [0.25, 0.3) is 5.56 Å². The molecule has 1 aliphatic rings. The molecule has 0 radical (unpaired) electrons. The minimum atomic E-state index is -0.473. The molecule has 1 aliphatic heterocycles. The Kier molecular flexibility index (Phi) is 4.49. The summed E-state index contributed by atoms with van der Waals surface area (Å²) in [5.74, 6) is 1.15. The molecule has 25 heavy (non-hydrogen) atoms. The molecule has 1 aromatic carbocycles. The quantitative estimate of drug-likeness (QED) is 0.715. The van der Waals surface area contributed by atoms with Crippen LogP contribution >= 0.6 is 12.2 Å². The zero-order valence-corrected chi connectivity index (χ0v) is 14.8. The first kappa shape index (κ1) is 17.0. The molecule has 0 spiro atoms. The summed E-state index contributed by atoms with van der Waals surface area (Å²) < 4.78 is 12.1. The van der Waals surface area contributed by atoms with Gasteiger partial charge in [-0.1, -0.05) is 0 Å². The first-order valence-electron chi connectivity index (χ1n) is 7.53. The van der Waals surface area contributed by atoms with E-state index in [0.717, 1.165) is 5.56 Å². The molecule has 2 heterocycles. The molecule has 0 amide bonds. The van der Waals surface area contributed by atoms with Crippen molar-refractivity contribution in [1.29, 1.82) is 0 Å². The standard InChI is InChI=1S/C16H18N4O4S/c1-20-15(22)13(14(21)17-16(20)25)11-7-10(18-19-11)9-6-8(23-2)4-5-12(9)24-3/h4-6,10,18,22H,7H2,1-3H3,(H,17,21,25)/t10-/m1/s1. The lowest BCUT2D eigenvalue weighted by atomic mass is 9.99. The van der Waals surface area contributed by atoms with Crippen LogP contribution in [0, 0.1) is 4.77 Å². The summed E-state index contributed by atoms with van der Waals surface area (Å²) in [7, 11) is 4.74. The Morgan fingerprint density at radius 2 is 2.12 bits per heavy atom. The van der Waals surface area contributed by atoms with Gasteiger partial charge < -0.3 is 20.0 Å². The number of aromatic amines is 1. The number of nitrogens with zero attached hydrogens (tertiary/aromatic N) is 2. The number of hydrogen-bond donors (Lipinski definition) is 3. The number of methoxy groups -OCH3 is 2. The van der Waals surface area contributed by atoms with Gasteiger partial charge in [0.2, 0.25) is 5.88 Å². The summed E-state index contributed by atoms with van der Waals surface area (Å²) in [6.07, 6.45) is 0.400. The molecule has 3 N–H and O–H groups in total. The fourth-order valence-corrected chi connectivity index (χ4v) is 2.94. The molecule has 0 unspecified atom stereocenters. The topological polar surface area (TPSA) is 101 Å². The van der Waals surface area contributed by atoms with Crippen LogP contribution in [0.5, 0.6) is 17.4 Å². The van der Waals surface area contributed by atoms with Crippen LogP contribution in [-0.4, -0.2) is 34.6 Å². The van der Waals surface area contributed by atoms with Crippen molar-refractivity contribution in [2.75, 3.05) is 14.2 Å². The first-order valence-corrected chi connectivity index (χ1v) is 7.93. The number of ether oxygens (including phenoxy) is 2. The molecule has 0 saturated carbocycles. The van der Waals surface area contributed by atoms with E-state index >= 15 is 0 Å². The van der Waals surface area contributed by atoms with E-state index in [-0.39, 0.29) is 22.3 Å². The van der Waals surface area contributed by atoms with E-state index in [2.05, 4.69) is 15.5 Å². The van der Waals surface area contributed by atoms with E-state index in [1.807, 2.05) is 12.1 Å². The summed E-state index contributed by atoms with van der Waals surface area (Å²) >= 11 is 4.98. The molecule has 2 aromatic rings. The highest BCUT2D eigenvalue weighted by Gasteiger charge is 2.28. The molecule has 0 bridgehead atoms. The Balaban J connectivity index is 1.97. The summed E-state index contributed by atoms with van der Waals surface area (Å²) in [5.41, 5.74) is 3.91. The number of aromatic hydroxyl groups is 1. The van der Waals surface area contributed by atoms with Crippen molar-refractivity contribution in [2.45, 2.75) is 12.5 Å². The van der Waals surface area contributed by atoms with Gasteiger partial charge in [-0.25, -0.2) is 0 Å². The van der Waals surface area contributed by atoms with Crippen molar-refractivity contribution in [3.05, 3.63) is 44.5 Å². The smallest absolute Gasteiger partial charge is 0.264 e. The predicted octanol–water partition coefficient (Wildman–Crippen LogP) is 1.60. The van der Waals surface area contributed by atoms with Gasteiger partial charge in [0, 0.05) is 19.0 Å². The summed E-state index contributed by atoms with van der Waals surface area (Å²) in [4.78, 5) is 14.7. The highest BCUT2D eigenvalue weighted by atomic mass is 32.1. The van der Waals surface area contributed by atoms with Crippen LogP contribution in [0.4, 0.5) is 0 Å². The summed E-state index contributed by atoms with van der Waals surface area (Å²) in [5, 5.41) is 14.5. The minimum absolute atomic E-state index is 0.105. The Morgan fingerprint density at radius 3 is 2.80 bits per heavy atom. The maximum absolute atomic E-state index is 12.2. The second-order valence-electron chi connectivity index (χ2n) is 5.57. The van der Waals surface area contributed by atoms with Crippen LogP contribution in [0.15, 0.2) is 28.1 Å². The van der Waals surface area contributed by atoms with Crippen LogP contribution in [0.2, 0.25) is 0 Å². The number of hydrogen-bond acceptors (Lipinski definition) is 7. The average Bonchev–Trinajstić information content (AvgIpc) is 3.08. The molecular formula is C16H18N4O4S. The maximum atomic E-state index is 12.2. The summed E-state index contributed by atoms with van der Waals surface area (Å²) in [6, 6.07) is 5.25. The van der Waals surface area contributed by atoms with E-state index in [4.69, 9.17) is 21.7 Å². The largest absolute Gasteiger partial charge is 0.497 e. The van der Waals surface area contributed by atoms with Crippen LogP contribution in [-0.2, 0) is 7.05 Å². The second kappa shape index (κ2) is 6.60. The Bertz CT molecular complexity index is 964. The van der Waals surface area contributed by atoms with Crippen LogP contribution in [0.3, 0.4) is 0 Å². The average molecular weight is 362 g/mol. The van der Waals surface area contributed by atoms with E-state index < -0.39 is 5.56 Å². The lowest BCUT2D eigenvalue weighted by Crippen LogP contribution is -2.21. The lowest BCUT2D eigenvalue weighted by molar-refractivity contribution is 0.392.